The molecule has 2 rings (SSSR count). The van der Waals surface area contributed by atoms with E-state index in [0.29, 0.717) is 6.04 Å². The molecule has 0 radical (unpaired) electrons. The van der Waals surface area contributed by atoms with Crippen molar-refractivity contribution >= 4 is 5.82 Å². The summed E-state index contributed by atoms with van der Waals surface area (Å²) >= 11 is 0. The van der Waals surface area contributed by atoms with Gasteiger partial charge in [0.15, 0.2) is 0 Å². The summed E-state index contributed by atoms with van der Waals surface area (Å²) in [5.41, 5.74) is 1.03. The van der Waals surface area contributed by atoms with E-state index in [1.54, 1.807) is 0 Å². The van der Waals surface area contributed by atoms with Crippen molar-refractivity contribution in [3.63, 3.8) is 0 Å². The minimum absolute atomic E-state index is 0.292. The summed E-state index contributed by atoms with van der Waals surface area (Å²) < 4.78 is 0. The van der Waals surface area contributed by atoms with Crippen LogP contribution < -0.4 is 5.32 Å². The molecule has 1 fully saturated rings. The lowest BCUT2D eigenvalue weighted by Gasteiger charge is -2.36. The molecule has 1 atom stereocenters. The average molecular weight is 263 g/mol. The van der Waals surface area contributed by atoms with Crippen LogP contribution in [0.5, 0.6) is 0 Å². The van der Waals surface area contributed by atoms with E-state index in [1.165, 1.54) is 0 Å². The van der Waals surface area contributed by atoms with Crippen molar-refractivity contribution in [2.75, 3.05) is 45.6 Å². The van der Waals surface area contributed by atoms with Gasteiger partial charge in [-0.15, -0.1) is 0 Å². The molecule has 0 amide bonds. The largest absolute Gasteiger partial charge is 0.370 e. The van der Waals surface area contributed by atoms with Crippen molar-refractivity contribution < 1.29 is 0 Å². The van der Waals surface area contributed by atoms with E-state index < -0.39 is 0 Å². The molecule has 5 heteroatoms. The number of aromatic nitrogens is 2. The van der Waals surface area contributed by atoms with E-state index in [1.807, 2.05) is 13.0 Å². The standard InChI is InChI=1S/C14H25N5/c1-5-6-15-13-9-11(2)16-14(17-13)12-10-18(3)7-8-19(12)4/h9,12H,5-8,10H2,1-4H3,(H,15,16,17). The van der Waals surface area contributed by atoms with E-state index in [9.17, 15) is 0 Å². The summed E-state index contributed by atoms with van der Waals surface area (Å²) in [7, 11) is 4.31. The Hall–Kier alpha value is -1.20. The second kappa shape index (κ2) is 6.30. The number of aryl methyl sites for hydroxylation is 1. The lowest BCUT2D eigenvalue weighted by Crippen LogP contribution is -2.45. The lowest BCUT2D eigenvalue weighted by atomic mass is 10.1. The summed E-state index contributed by atoms with van der Waals surface area (Å²) in [6, 6.07) is 2.31. The number of rotatable bonds is 4. The molecule has 1 unspecified atom stereocenters. The SMILES string of the molecule is CCCNc1cc(C)nc(C2CN(C)CCN2C)n1. The summed E-state index contributed by atoms with van der Waals surface area (Å²) in [6.45, 7) is 8.32. The predicted octanol–water partition coefficient (Wildman–Crippen LogP) is 1.53. The molecule has 0 aromatic carbocycles. The summed E-state index contributed by atoms with van der Waals surface area (Å²) in [4.78, 5) is 14.0. The Morgan fingerprint density at radius 2 is 2.11 bits per heavy atom. The maximum atomic E-state index is 4.69. The van der Waals surface area contributed by atoms with Gasteiger partial charge in [0.05, 0.1) is 6.04 Å². The van der Waals surface area contributed by atoms with Crippen molar-refractivity contribution in [3.05, 3.63) is 17.6 Å². The zero-order chi connectivity index (χ0) is 13.8. The monoisotopic (exact) mass is 263 g/mol. The summed E-state index contributed by atoms with van der Waals surface area (Å²) in [6.07, 6.45) is 1.10. The molecular weight excluding hydrogens is 238 g/mol. The van der Waals surface area contributed by atoms with Gasteiger partial charge in [-0.05, 0) is 27.4 Å². The fraction of sp³-hybridized carbons (Fsp3) is 0.714. The number of hydrogen-bond donors (Lipinski definition) is 1. The van der Waals surface area contributed by atoms with Gasteiger partial charge in [0.2, 0.25) is 0 Å². The molecule has 1 saturated heterocycles. The van der Waals surface area contributed by atoms with E-state index >= 15 is 0 Å². The Morgan fingerprint density at radius 3 is 2.84 bits per heavy atom. The van der Waals surface area contributed by atoms with Crippen LogP contribution in [0.15, 0.2) is 6.07 Å². The molecule has 106 valence electrons. The second-order valence-electron chi connectivity index (χ2n) is 5.44. The Morgan fingerprint density at radius 1 is 1.32 bits per heavy atom. The first-order valence-corrected chi connectivity index (χ1v) is 7.08. The highest BCUT2D eigenvalue weighted by Crippen LogP contribution is 2.21. The van der Waals surface area contributed by atoms with Crippen LogP contribution >= 0.6 is 0 Å². The topological polar surface area (TPSA) is 44.3 Å². The normalized spacial score (nSPS) is 21.6. The zero-order valence-electron chi connectivity index (χ0n) is 12.5. The third kappa shape index (κ3) is 3.64. The number of piperazine rings is 1. The van der Waals surface area contributed by atoms with Gasteiger partial charge in [0, 0.05) is 37.9 Å². The van der Waals surface area contributed by atoms with Crippen molar-refractivity contribution in [2.45, 2.75) is 26.3 Å². The number of nitrogens with zero attached hydrogens (tertiary/aromatic N) is 4. The minimum atomic E-state index is 0.292. The highest BCUT2D eigenvalue weighted by molar-refractivity contribution is 5.36. The van der Waals surface area contributed by atoms with Crippen LogP contribution in [0.1, 0.15) is 30.9 Å². The van der Waals surface area contributed by atoms with Crippen LogP contribution in [-0.2, 0) is 0 Å². The van der Waals surface area contributed by atoms with Crippen LogP contribution in [-0.4, -0.2) is 60.0 Å². The van der Waals surface area contributed by atoms with E-state index in [0.717, 1.165) is 49.9 Å². The van der Waals surface area contributed by atoms with Crippen LogP contribution in [0.2, 0.25) is 0 Å². The first-order chi connectivity index (χ1) is 9.10. The maximum absolute atomic E-state index is 4.69. The van der Waals surface area contributed by atoms with Gasteiger partial charge in [-0.3, -0.25) is 4.90 Å². The fourth-order valence-corrected chi connectivity index (χ4v) is 2.37. The Labute approximate surface area is 116 Å². The van der Waals surface area contributed by atoms with Crippen molar-refractivity contribution in [2.24, 2.45) is 0 Å². The molecule has 1 aliphatic rings. The third-order valence-corrected chi connectivity index (χ3v) is 3.58. The first kappa shape index (κ1) is 14.2. The summed E-state index contributed by atoms with van der Waals surface area (Å²) in [5.74, 6) is 1.89. The molecule has 0 aliphatic carbocycles. The molecular formula is C14H25N5. The van der Waals surface area contributed by atoms with Crippen molar-refractivity contribution in [3.8, 4) is 0 Å². The summed E-state index contributed by atoms with van der Waals surface area (Å²) in [5, 5.41) is 3.36. The predicted molar refractivity (Wildman–Crippen MR) is 78.4 cm³/mol. The van der Waals surface area contributed by atoms with E-state index in [2.05, 4.69) is 46.1 Å². The molecule has 19 heavy (non-hydrogen) atoms. The number of likely N-dealkylation sites (N-methyl/N-ethyl adjacent to an activating group) is 2. The van der Waals surface area contributed by atoms with Gasteiger partial charge in [0.1, 0.15) is 11.6 Å². The Balaban J connectivity index is 2.20. The molecule has 1 aliphatic heterocycles. The fourth-order valence-electron chi connectivity index (χ4n) is 2.37. The molecule has 1 N–H and O–H groups in total. The average Bonchev–Trinajstić information content (AvgIpc) is 2.38. The Bertz CT molecular complexity index is 420. The lowest BCUT2D eigenvalue weighted by molar-refractivity contribution is 0.109. The third-order valence-electron chi connectivity index (χ3n) is 3.58. The first-order valence-electron chi connectivity index (χ1n) is 7.08. The van der Waals surface area contributed by atoms with Gasteiger partial charge in [-0.25, -0.2) is 9.97 Å². The zero-order valence-corrected chi connectivity index (χ0v) is 12.5. The van der Waals surface area contributed by atoms with Gasteiger partial charge >= 0.3 is 0 Å². The number of anilines is 1. The minimum Gasteiger partial charge on any atom is -0.370 e. The molecule has 1 aromatic rings. The second-order valence-corrected chi connectivity index (χ2v) is 5.44. The smallest absolute Gasteiger partial charge is 0.149 e. The maximum Gasteiger partial charge on any atom is 0.149 e. The molecule has 0 saturated carbocycles. The number of hydrogen-bond acceptors (Lipinski definition) is 5. The molecule has 0 spiro atoms. The highest BCUT2D eigenvalue weighted by atomic mass is 15.3. The Kier molecular flexibility index (Phi) is 4.71. The molecule has 2 heterocycles. The highest BCUT2D eigenvalue weighted by Gasteiger charge is 2.26. The van der Waals surface area contributed by atoms with E-state index in [-0.39, 0.29) is 0 Å². The van der Waals surface area contributed by atoms with Crippen LogP contribution in [0.3, 0.4) is 0 Å². The van der Waals surface area contributed by atoms with Crippen molar-refractivity contribution in [1.82, 2.24) is 19.8 Å². The quantitative estimate of drug-likeness (QED) is 0.892. The van der Waals surface area contributed by atoms with Gasteiger partial charge in [-0.1, -0.05) is 6.92 Å². The van der Waals surface area contributed by atoms with Gasteiger partial charge in [0.25, 0.3) is 0 Å². The van der Waals surface area contributed by atoms with E-state index in [4.69, 9.17) is 0 Å². The van der Waals surface area contributed by atoms with Crippen LogP contribution in [0, 0.1) is 6.92 Å². The number of nitrogens with one attached hydrogen (secondary N) is 1. The molecule has 5 nitrogen and oxygen atoms in total. The van der Waals surface area contributed by atoms with Crippen LogP contribution in [0.25, 0.3) is 0 Å². The van der Waals surface area contributed by atoms with Gasteiger partial charge in [-0.2, -0.15) is 0 Å². The van der Waals surface area contributed by atoms with Crippen molar-refractivity contribution in [1.29, 1.82) is 0 Å². The van der Waals surface area contributed by atoms with Gasteiger partial charge < -0.3 is 10.2 Å². The molecule has 1 aromatic heterocycles. The molecule has 0 bridgehead atoms. The van der Waals surface area contributed by atoms with Crippen LogP contribution in [0.4, 0.5) is 5.82 Å².